The number of rotatable bonds is 7. The van der Waals surface area contributed by atoms with Gasteiger partial charge < -0.3 is 14.6 Å². The summed E-state index contributed by atoms with van der Waals surface area (Å²) in [5, 5.41) is 11.8. The van der Waals surface area contributed by atoms with Crippen LogP contribution in [0.2, 0.25) is 0 Å². The van der Waals surface area contributed by atoms with Gasteiger partial charge in [-0.05, 0) is 67.1 Å². The zero-order valence-electron chi connectivity index (χ0n) is 20.7. The van der Waals surface area contributed by atoms with E-state index < -0.39 is 11.9 Å². The first-order valence-corrected chi connectivity index (χ1v) is 13.2. The van der Waals surface area contributed by atoms with Gasteiger partial charge in [0.05, 0.1) is 23.3 Å². The van der Waals surface area contributed by atoms with Crippen molar-refractivity contribution in [2.45, 2.75) is 32.6 Å². The molecule has 1 N–H and O–H groups in total. The summed E-state index contributed by atoms with van der Waals surface area (Å²) < 4.78 is 11.1. The average molecular weight is 528 g/mol. The van der Waals surface area contributed by atoms with Crippen molar-refractivity contribution < 1.29 is 29.0 Å². The van der Waals surface area contributed by atoms with E-state index in [0.717, 1.165) is 46.9 Å². The largest absolute Gasteiger partial charge is 0.478 e. The van der Waals surface area contributed by atoms with Crippen molar-refractivity contribution in [1.82, 2.24) is 0 Å². The molecule has 1 heterocycles. The van der Waals surface area contributed by atoms with Crippen molar-refractivity contribution in [2.24, 2.45) is 4.99 Å². The molecule has 4 aromatic rings. The van der Waals surface area contributed by atoms with Crippen molar-refractivity contribution in [1.29, 1.82) is 0 Å². The minimum Gasteiger partial charge on any atom is -0.478 e. The highest BCUT2D eigenvalue weighted by atomic mass is 32.1. The fourth-order valence-corrected chi connectivity index (χ4v) is 5.90. The Hall–Kier alpha value is -4.30. The Kier molecular flexibility index (Phi) is 7.33. The number of carboxylic acid groups (broad SMARTS) is 1. The van der Waals surface area contributed by atoms with Crippen molar-refractivity contribution in [3.63, 3.8) is 0 Å². The molecule has 1 aliphatic carbocycles. The van der Waals surface area contributed by atoms with Crippen LogP contribution in [0.4, 0.5) is 5.00 Å². The molecule has 38 heavy (non-hydrogen) atoms. The number of benzene rings is 3. The van der Waals surface area contributed by atoms with Gasteiger partial charge in [-0.1, -0.05) is 42.5 Å². The second-order valence-electron chi connectivity index (χ2n) is 8.81. The third-order valence-corrected chi connectivity index (χ3v) is 7.65. The molecule has 0 spiro atoms. The first-order valence-electron chi connectivity index (χ1n) is 12.4. The number of aromatic carboxylic acids is 1. The molecule has 192 valence electrons. The van der Waals surface area contributed by atoms with Gasteiger partial charge in [-0.2, -0.15) is 0 Å². The molecule has 0 saturated heterocycles. The van der Waals surface area contributed by atoms with Gasteiger partial charge in [0.25, 0.3) is 0 Å². The Bertz CT molecular complexity index is 1590. The van der Waals surface area contributed by atoms with Crippen LogP contribution in [0.15, 0.2) is 65.7 Å². The molecule has 3 aromatic carbocycles. The van der Waals surface area contributed by atoms with Crippen molar-refractivity contribution in [2.75, 3.05) is 6.61 Å². The molecule has 0 bridgehead atoms. The number of carbonyl (C=O) groups is 3. The molecule has 0 fully saturated rings. The summed E-state index contributed by atoms with van der Waals surface area (Å²) in [5.41, 5.74) is 1.88. The first kappa shape index (κ1) is 25.4. The second kappa shape index (κ2) is 11.0. The number of nitrogens with zero attached hydrogens (tertiary/aromatic N) is 1. The zero-order chi connectivity index (χ0) is 26.6. The Labute approximate surface area is 223 Å². The van der Waals surface area contributed by atoms with Crippen LogP contribution in [0.5, 0.6) is 5.75 Å². The fourth-order valence-electron chi connectivity index (χ4n) is 4.68. The van der Waals surface area contributed by atoms with Gasteiger partial charge >= 0.3 is 17.9 Å². The third kappa shape index (κ3) is 4.95. The highest BCUT2D eigenvalue weighted by Gasteiger charge is 2.26. The lowest BCUT2D eigenvalue weighted by molar-refractivity contribution is 0.0525. The first-order chi connectivity index (χ1) is 18.5. The molecule has 0 amide bonds. The maximum Gasteiger partial charge on any atom is 0.344 e. The van der Waals surface area contributed by atoms with E-state index in [1.165, 1.54) is 23.5 Å². The predicted octanol–water partition coefficient (Wildman–Crippen LogP) is 6.62. The summed E-state index contributed by atoms with van der Waals surface area (Å²) in [6, 6.07) is 17.0. The van der Waals surface area contributed by atoms with E-state index in [-0.39, 0.29) is 29.5 Å². The Morgan fingerprint density at radius 2 is 1.68 bits per heavy atom. The quantitative estimate of drug-likeness (QED) is 0.165. The number of fused-ring (bicyclic) bond motifs is 2. The molecule has 1 aliphatic rings. The normalized spacial score (nSPS) is 12.9. The summed E-state index contributed by atoms with van der Waals surface area (Å²) in [6.45, 7) is 2.05. The SMILES string of the molecule is CCOC(=O)c1c(N=Cc2c(OC(=O)c3ccccc3C(=O)O)ccc3ccccc23)sc2c1CCCC2. The molecule has 5 rings (SSSR count). The Morgan fingerprint density at radius 3 is 2.47 bits per heavy atom. The number of carboxylic acids is 1. The summed E-state index contributed by atoms with van der Waals surface area (Å²) in [6.07, 6.45) is 5.41. The fraction of sp³-hybridized carbons (Fsp3) is 0.200. The van der Waals surface area contributed by atoms with E-state index in [1.807, 2.05) is 30.3 Å². The number of thiophene rings is 1. The van der Waals surface area contributed by atoms with Crippen LogP contribution in [0.1, 0.15) is 66.8 Å². The number of hydrogen-bond donors (Lipinski definition) is 1. The highest BCUT2D eigenvalue weighted by Crippen LogP contribution is 2.40. The lowest BCUT2D eigenvalue weighted by Gasteiger charge is -2.12. The molecular weight excluding hydrogens is 502 g/mol. The van der Waals surface area contributed by atoms with Crippen LogP contribution in [-0.4, -0.2) is 35.8 Å². The molecule has 7 nitrogen and oxygen atoms in total. The van der Waals surface area contributed by atoms with Crippen LogP contribution in [0.3, 0.4) is 0 Å². The second-order valence-corrected chi connectivity index (χ2v) is 9.89. The summed E-state index contributed by atoms with van der Waals surface area (Å²) in [7, 11) is 0. The van der Waals surface area contributed by atoms with Crippen LogP contribution < -0.4 is 4.74 Å². The Morgan fingerprint density at radius 1 is 0.947 bits per heavy atom. The summed E-state index contributed by atoms with van der Waals surface area (Å²) in [5.74, 6) is -2.15. The Balaban J connectivity index is 1.58. The molecule has 0 saturated carbocycles. The number of aliphatic imine (C=N–C) groups is 1. The van der Waals surface area contributed by atoms with E-state index in [2.05, 4.69) is 0 Å². The standard InChI is InChI=1S/C30H25NO6S/c1-2-36-30(35)26-22-13-7-8-14-25(22)38-27(26)31-17-23-19-10-4-3-9-18(19)15-16-24(23)37-29(34)21-12-6-5-11-20(21)28(32)33/h3-6,9-12,15-17H,2,7-8,13-14H2,1H3,(H,32,33). The number of ether oxygens (including phenoxy) is 2. The van der Waals surface area contributed by atoms with Crippen molar-refractivity contribution in [3.8, 4) is 5.75 Å². The lowest BCUT2D eigenvalue weighted by Crippen LogP contribution is -2.14. The summed E-state index contributed by atoms with van der Waals surface area (Å²) >= 11 is 1.49. The highest BCUT2D eigenvalue weighted by molar-refractivity contribution is 7.16. The number of aryl methyl sites for hydroxylation is 1. The van der Waals surface area contributed by atoms with Gasteiger partial charge in [-0.15, -0.1) is 11.3 Å². The molecule has 1 aromatic heterocycles. The maximum atomic E-state index is 13.1. The molecule has 0 aliphatic heterocycles. The smallest absolute Gasteiger partial charge is 0.344 e. The van der Waals surface area contributed by atoms with Gasteiger partial charge in [0.15, 0.2) is 0 Å². The van der Waals surface area contributed by atoms with Crippen molar-refractivity contribution in [3.05, 3.63) is 93.4 Å². The van der Waals surface area contributed by atoms with Crippen LogP contribution >= 0.6 is 11.3 Å². The molecule has 0 radical (unpaired) electrons. The van der Waals surface area contributed by atoms with Gasteiger partial charge in [0, 0.05) is 16.7 Å². The van der Waals surface area contributed by atoms with Gasteiger partial charge in [-0.25, -0.2) is 19.4 Å². The molecule has 8 heteroatoms. The topological polar surface area (TPSA) is 102 Å². The van der Waals surface area contributed by atoms with E-state index in [0.29, 0.717) is 16.1 Å². The van der Waals surface area contributed by atoms with Gasteiger partial charge in [0.1, 0.15) is 10.8 Å². The summed E-state index contributed by atoms with van der Waals surface area (Å²) in [4.78, 5) is 43.4. The van der Waals surface area contributed by atoms with Crippen LogP contribution in [0, 0.1) is 0 Å². The van der Waals surface area contributed by atoms with E-state index in [4.69, 9.17) is 14.5 Å². The van der Waals surface area contributed by atoms with E-state index in [9.17, 15) is 19.5 Å². The lowest BCUT2D eigenvalue weighted by atomic mass is 9.95. The van der Waals surface area contributed by atoms with Gasteiger partial charge in [-0.3, -0.25) is 0 Å². The number of hydrogen-bond acceptors (Lipinski definition) is 7. The predicted molar refractivity (Wildman–Crippen MR) is 146 cm³/mol. The van der Waals surface area contributed by atoms with Crippen LogP contribution in [0.25, 0.3) is 10.8 Å². The molecule has 0 atom stereocenters. The molecule has 0 unspecified atom stereocenters. The third-order valence-electron chi connectivity index (χ3n) is 6.45. The monoisotopic (exact) mass is 527 g/mol. The van der Waals surface area contributed by atoms with E-state index in [1.54, 1.807) is 31.3 Å². The zero-order valence-corrected chi connectivity index (χ0v) is 21.5. The minimum atomic E-state index is -1.22. The number of esters is 2. The van der Waals surface area contributed by atoms with Crippen LogP contribution in [-0.2, 0) is 17.6 Å². The number of carbonyl (C=O) groups excluding carboxylic acids is 2. The van der Waals surface area contributed by atoms with E-state index >= 15 is 0 Å². The maximum absolute atomic E-state index is 13.1. The van der Waals surface area contributed by atoms with Gasteiger partial charge in [0.2, 0.25) is 0 Å². The van der Waals surface area contributed by atoms with Crippen molar-refractivity contribution >= 4 is 51.2 Å². The average Bonchev–Trinajstić information content (AvgIpc) is 3.31. The molecular formula is C30H25NO6S. The minimum absolute atomic E-state index is 0.0495.